The number of carbonyl (C=O) groups is 1. The average Bonchev–Trinajstić information content (AvgIpc) is 2.98. The highest BCUT2D eigenvalue weighted by molar-refractivity contribution is 5.87. The number of hydrogen-bond donors (Lipinski definition) is 1. The van der Waals surface area contributed by atoms with E-state index in [1.54, 1.807) is 6.20 Å². The summed E-state index contributed by atoms with van der Waals surface area (Å²) >= 11 is 0. The lowest BCUT2D eigenvalue weighted by Gasteiger charge is -2.29. The number of nitrogens with zero attached hydrogens (tertiary/aromatic N) is 3. The molecule has 6 nitrogen and oxygen atoms in total. The van der Waals surface area contributed by atoms with E-state index in [0.29, 0.717) is 6.04 Å². The van der Waals surface area contributed by atoms with Gasteiger partial charge < -0.3 is 15.0 Å². The van der Waals surface area contributed by atoms with Crippen LogP contribution in [-0.4, -0.2) is 48.7 Å². The molecular formula is C13H20N4O2. The average molecular weight is 264 g/mol. The second-order valence-corrected chi connectivity index (χ2v) is 4.59. The Kier molecular flexibility index (Phi) is 4.68. The molecule has 104 valence electrons. The molecule has 0 radical (unpaired) electrons. The number of aromatic nitrogens is 2. The topological polar surface area (TPSA) is 67.4 Å². The van der Waals surface area contributed by atoms with Crippen LogP contribution >= 0.6 is 0 Å². The standard InChI is InChI=1S/C13H20N4O2/c1-3-6-17(10-4-5-14-7-10)12-9-15-8-11(16-12)13(18)19-2/h8-10,14H,3-7H2,1-2H3. The van der Waals surface area contributed by atoms with Crippen molar-refractivity contribution >= 4 is 11.8 Å². The fourth-order valence-corrected chi connectivity index (χ4v) is 2.33. The monoisotopic (exact) mass is 264 g/mol. The summed E-state index contributed by atoms with van der Waals surface area (Å²) in [7, 11) is 1.35. The van der Waals surface area contributed by atoms with E-state index in [9.17, 15) is 4.79 Å². The lowest BCUT2D eigenvalue weighted by atomic mass is 10.2. The SMILES string of the molecule is CCCN(c1cncc(C(=O)OC)n1)C1CCNC1. The van der Waals surface area contributed by atoms with Gasteiger partial charge in [-0.15, -0.1) is 0 Å². The van der Waals surface area contributed by atoms with Crippen LogP contribution in [0.15, 0.2) is 12.4 Å². The third-order valence-corrected chi connectivity index (χ3v) is 3.25. The van der Waals surface area contributed by atoms with E-state index < -0.39 is 5.97 Å². The van der Waals surface area contributed by atoms with Crippen molar-refractivity contribution in [3.63, 3.8) is 0 Å². The number of nitrogens with one attached hydrogen (secondary N) is 1. The van der Waals surface area contributed by atoms with Crippen LogP contribution in [0.4, 0.5) is 5.82 Å². The van der Waals surface area contributed by atoms with Crippen LogP contribution < -0.4 is 10.2 Å². The molecule has 1 unspecified atom stereocenters. The number of methoxy groups -OCH3 is 1. The maximum atomic E-state index is 11.5. The molecule has 0 saturated carbocycles. The number of rotatable bonds is 5. The van der Waals surface area contributed by atoms with Gasteiger partial charge in [-0.1, -0.05) is 6.92 Å². The van der Waals surface area contributed by atoms with Crippen molar-refractivity contribution in [2.75, 3.05) is 31.6 Å². The first-order valence-corrected chi connectivity index (χ1v) is 6.64. The zero-order chi connectivity index (χ0) is 13.7. The van der Waals surface area contributed by atoms with E-state index in [2.05, 4.69) is 31.8 Å². The zero-order valence-electron chi connectivity index (χ0n) is 11.4. The Balaban J connectivity index is 2.22. The highest BCUT2D eigenvalue weighted by Crippen LogP contribution is 2.18. The normalized spacial score (nSPS) is 18.3. The molecule has 0 aliphatic carbocycles. The van der Waals surface area contributed by atoms with Gasteiger partial charge in [-0.05, 0) is 19.4 Å². The van der Waals surface area contributed by atoms with Gasteiger partial charge in [0.05, 0.1) is 19.5 Å². The van der Waals surface area contributed by atoms with Crippen molar-refractivity contribution in [3.05, 3.63) is 18.1 Å². The molecule has 1 fully saturated rings. The number of hydrogen-bond acceptors (Lipinski definition) is 6. The fraction of sp³-hybridized carbons (Fsp3) is 0.615. The molecule has 1 atom stereocenters. The summed E-state index contributed by atoms with van der Waals surface area (Å²) in [6.45, 7) is 5.01. The summed E-state index contributed by atoms with van der Waals surface area (Å²) in [6.07, 6.45) is 5.26. The molecule has 0 amide bonds. The lowest BCUT2D eigenvalue weighted by molar-refractivity contribution is 0.0593. The van der Waals surface area contributed by atoms with Crippen LogP contribution in [0.25, 0.3) is 0 Å². The van der Waals surface area contributed by atoms with Crippen molar-refractivity contribution in [1.29, 1.82) is 0 Å². The summed E-state index contributed by atoms with van der Waals surface area (Å²) in [5, 5.41) is 3.35. The van der Waals surface area contributed by atoms with Gasteiger partial charge in [-0.25, -0.2) is 9.78 Å². The van der Waals surface area contributed by atoms with Crippen molar-refractivity contribution in [2.45, 2.75) is 25.8 Å². The maximum Gasteiger partial charge on any atom is 0.358 e. The highest BCUT2D eigenvalue weighted by Gasteiger charge is 2.23. The summed E-state index contributed by atoms with van der Waals surface area (Å²) in [5.41, 5.74) is 0.257. The quantitative estimate of drug-likeness (QED) is 0.795. The molecule has 0 bridgehead atoms. The van der Waals surface area contributed by atoms with Crippen LogP contribution in [0.1, 0.15) is 30.3 Å². The summed E-state index contributed by atoms with van der Waals surface area (Å²) in [5.74, 6) is 0.300. The minimum atomic E-state index is -0.449. The van der Waals surface area contributed by atoms with Gasteiger partial charge in [-0.2, -0.15) is 0 Å². The first kappa shape index (κ1) is 13.7. The van der Waals surface area contributed by atoms with Gasteiger partial charge in [0.25, 0.3) is 0 Å². The molecule has 1 aromatic rings. The highest BCUT2D eigenvalue weighted by atomic mass is 16.5. The molecule has 19 heavy (non-hydrogen) atoms. The van der Waals surface area contributed by atoms with E-state index in [4.69, 9.17) is 0 Å². The molecular weight excluding hydrogens is 244 g/mol. The largest absolute Gasteiger partial charge is 0.464 e. The Morgan fingerprint density at radius 2 is 2.42 bits per heavy atom. The Morgan fingerprint density at radius 3 is 3.05 bits per heavy atom. The second kappa shape index (κ2) is 6.47. The Hall–Kier alpha value is -1.69. The van der Waals surface area contributed by atoms with E-state index in [1.165, 1.54) is 13.3 Å². The van der Waals surface area contributed by atoms with Crippen LogP contribution in [0.2, 0.25) is 0 Å². The van der Waals surface area contributed by atoms with Crippen LogP contribution in [0.5, 0.6) is 0 Å². The van der Waals surface area contributed by atoms with Crippen molar-refractivity contribution in [1.82, 2.24) is 15.3 Å². The smallest absolute Gasteiger partial charge is 0.358 e. The van der Waals surface area contributed by atoms with Crippen molar-refractivity contribution < 1.29 is 9.53 Å². The van der Waals surface area contributed by atoms with Gasteiger partial charge in [0, 0.05) is 19.1 Å². The minimum Gasteiger partial charge on any atom is -0.464 e. The number of ether oxygens (including phenoxy) is 1. The molecule has 1 saturated heterocycles. The molecule has 0 aromatic carbocycles. The molecule has 1 N–H and O–H groups in total. The van der Waals surface area contributed by atoms with Crippen LogP contribution in [0, 0.1) is 0 Å². The van der Waals surface area contributed by atoms with Gasteiger partial charge in [0.15, 0.2) is 5.69 Å². The Bertz CT molecular complexity index is 432. The first-order valence-electron chi connectivity index (χ1n) is 6.64. The number of carbonyl (C=O) groups excluding carboxylic acids is 1. The number of anilines is 1. The molecule has 2 heterocycles. The van der Waals surface area contributed by atoms with Crippen LogP contribution in [-0.2, 0) is 4.74 Å². The van der Waals surface area contributed by atoms with Crippen molar-refractivity contribution in [3.8, 4) is 0 Å². The van der Waals surface area contributed by atoms with E-state index in [0.717, 1.165) is 38.3 Å². The van der Waals surface area contributed by atoms with Crippen LogP contribution in [0.3, 0.4) is 0 Å². The zero-order valence-corrected chi connectivity index (χ0v) is 11.4. The van der Waals surface area contributed by atoms with Gasteiger partial charge in [0.2, 0.25) is 0 Å². The molecule has 6 heteroatoms. The summed E-state index contributed by atoms with van der Waals surface area (Å²) in [4.78, 5) is 22.2. The van der Waals surface area contributed by atoms with Gasteiger partial charge >= 0.3 is 5.97 Å². The fourth-order valence-electron chi connectivity index (χ4n) is 2.33. The number of esters is 1. The van der Waals surface area contributed by atoms with Gasteiger partial charge in [0.1, 0.15) is 5.82 Å². The molecule has 1 aliphatic rings. The summed E-state index contributed by atoms with van der Waals surface area (Å²) in [6, 6.07) is 0.419. The van der Waals surface area contributed by atoms with E-state index in [1.807, 2.05) is 0 Å². The summed E-state index contributed by atoms with van der Waals surface area (Å²) < 4.78 is 4.68. The third-order valence-electron chi connectivity index (χ3n) is 3.25. The van der Waals surface area contributed by atoms with E-state index in [-0.39, 0.29) is 5.69 Å². The van der Waals surface area contributed by atoms with Gasteiger partial charge in [-0.3, -0.25) is 4.98 Å². The molecule has 1 aromatic heterocycles. The minimum absolute atomic E-state index is 0.257. The Morgan fingerprint density at radius 1 is 1.58 bits per heavy atom. The predicted octanol–water partition coefficient (Wildman–Crippen LogP) is 0.841. The Labute approximate surface area is 113 Å². The first-order chi connectivity index (χ1) is 9.26. The third kappa shape index (κ3) is 3.20. The second-order valence-electron chi connectivity index (χ2n) is 4.59. The molecule has 0 spiro atoms. The van der Waals surface area contributed by atoms with Crippen molar-refractivity contribution in [2.24, 2.45) is 0 Å². The lowest BCUT2D eigenvalue weighted by Crippen LogP contribution is -2.38. The molecule has 1 aliphatic heterocycles. The van der Waals surface area contributed by atoms with E-state index >= 15 is 0 Å². The maximum absolute atomic E-state index is 11.5. The predicted molar refractivity (Wildman–Crippen MR) is 72.3 cm³/mol. The molecule has 2 rings (SSSR count).